The van der Waals surface area contributed by atoms with E-state index in [9.17, 15) is 19.7 Å². The number of allylic oxidation sites excluding steroid dienone is 1. The van der Waals surface area contributed by atoms with Gasteiger partial charge in [0.25, 0.3) is 11.2 Å². The van der Waals surface area contributed by atoms with Crippen LogP contribution in [0.4, 0.5) is 5.69 Å². The van der Waals surface area contributed by atoms with Crippen molar-refractivity contribution in [1.82, 2.24) is 4.57 Å². The second-order valence-electron chi connectivity index (χ2n) is 9.04. The summed E-state index contributed by atoms with van der Waals surface area (Å²) < 4.78 is 18.4. The van der Waals surface area contributed by atoms with E-state index in [4.69, 9.17) is 13.9 Å². The van der Waals surface area contributed by atoms with Crippen LogP contribution in [-0.4, -0.2) is 29.2 Å². The summed E-state index contributed by atoms with van der Waals surface area (Å²) in [7, 11) is 1.56. The van der Waals surface area contributed by atoms with Gasteiger partial charge in [-0.3, -0.25) is 19.5 Å². The number of esters is 1. The summed E-state index contributed by atoms with van der Waals surface area (Å²) >= 11 is 1.18. The molecular formula is C29H25N3O7S. The number of benzene rings is 2. The summed E-state index contributed by atoms with van der Waals surface area (Å²) in [6.45, 7) is 5.29. The van der Waals surface area contributed by atoms with Crippen molar-refractivity contribution < 1.29 is 23.6 Å². The van der Waals surface area contributed by atoms with Crippen LogP contribution in [0.25, 0.3) is 17.4 Å². The Kier molecular flexibility index (Phi) is 7.22. The number of aryl methyl sites for hydroxylation is 1. The average molecular weight is 560 g/mol. The van der Waals surface area contributed by atoms with Crippen molar-refractivity contribution >= 4 is 29.1 Å². The lowest BCUT2D eigenvalue weighted by atomic mass is 9.96. The third-order valence-corrected chi connectivity index (χ3v) is 7.52. The number of furan rings is 1. The van der Waals surface area contributed by atoms with E-state index in [2.05, 4.69) is 4.99 Å². The van der Waals surface area contributed by atoms with Crippen molar-refractivity contribution in [2.24, 2.45) is 4.99 Å². The van der Waals surface area contributed by atoms with Gasteiger partial charge >= 0.3 is 5.97 Å². The second kappa shape index (κ2) is 10.8. The van der Waals surface area contributed by atoms with Crippen LogP contribution in [0.2, 0.25) is 0 Å². The molecule has 0 unspecified atom stereocenters. The molecule has 4 aromatic rings. The second-order valence-corrected chi connectivity index (χ2v) is 10.0. The molecule has 0 aliphatic carbocycles. The Morgan fingerprint density at radius 2 is 1.93 bits per heavy atom. The molecule has 11 heteroatoms. The number of hydrogen-bond donors (Lipinski definition) is 0. The number of ether oxygens (including phenoxy) is 2. The Labute approximate surface area is 232 Å². The van der Waals surface area contributed by atoms with Crippen molar-refractivity contribution in [3.05, 3.63) is 113 Å². The van der Waals surface area contributed by atoms with Crippen LogP contribution in [0.15, 0.2) is 80.1 Å². The fourth-order valence-corrected chi connectivity index (χ4v) is 5.59. The van der Waals surface area contributed by atoms with Crippen LogP contribution in [0.1, 0.15) is 36.8 Å². The number of hydrogen-bond acceptors (Lipinski definition) is 9. The zero-order chi connectivity index (χ0) is 28.6. The lowest BCUT2D eigenvalue weighted by Crippen LogP contribution is -2.39. The van der Waals surface area contributed by atoms with Gasteiger partial charge in [0.15, 0.2) is 4.80 Å². The molecule has 0 fully saturated rings. The lowest BCUT2D eigenvalue weighted by molar-refractivity contribution is -0.385. The highest BCUT2D eigenvalue weighted by Crippen LogP contribution is 2.32. The number of nitrogens with zero attached hydrogens (tertiary/aromatic N) is 3. The van der Waals surface area contributed by atoms with E-state index in [0.29, 0.717) is 49.0 Å². The maximum Gasteiger partial charge on any atom is 0.338 e. The largest absolute Gasteiger partial charge is 0.497 e. The molecule has 2 aromatic heterocycles. The molecule has 1 atom stereocenters. The molecular weight excluding hydrogens is 534 g/mol. The number of nitro groups is 1. The Bertz CT molecular complexity index is 1850. The van der Waals surface area contributed by atoms with Crippen LogP contribution in [-0.2, 0) is 9.53 Å². The van der Waals surface area contributed by atoms with Gasteiger partial charge in [-0.25, -0.2) is 9.79 Å². The smallest absolute Gasteiger partial charge is 0.338 e. The highest BCUT2D eigenvalue weighted by atomic mass is 32.1. The standard InChI is InChI=1S/C29H25N3O7S/c1-5-38-28(34)25-17(3)30-29-31(26(25)18-8-10-20(37-4)11-9-18)27(33)24(40-29)15-21-12-13-23(39-21)19-7-6-16(2)22(14-19)32(35)36/h6-15,26H,5H2,1-4H3/b24-15-/t26-/m0/s1. The summed E-state index contributed by atoms with van der Waals surface area (Å²) in [4.78, 5) is 42.7. The van der Waals surface area contributed by atoms with Gasteiger partial charge in [-0.2, -0.15) is 0 Å². The first-order valence-electron chi connectivity index (χ1n) is 12.4. The number of carbonyl (C=O) groups is 1. The van der Waals surface area contributed by atoms with Crippen molar-refractivity contribution in [3.63, 3.8) is 0 Å². The van der Waals surface area contributed by atoms with Crippen LogP contribution >= 0.6 is 11.3 Å². The van der Waals surface area contributed by atoms with E-state index in [0.717, 1.165) is 0 Å². The van der Waals surface area contributed by atoms with Gasteiger partial charge in [-0.1, -0.05) is 35.6 Å². The lowest BCUT2D eigenvalue weighted by Gasteiger charge is -2.24. The molecule has 204 valence electrons. The van der Waals surface area contributed by atoms with E-state index in [-0.39, 0.29) is 23.4 Å². The van der Waals surface area contributed by atoms with Gasteiger partial charge in [0.05, 0.1) is 40.5 Å². The number of fused-ring (bicyclic) bond motifs is 1. The van der Waals surface area contributed by atoms with E-state index in [1.165, 1.54) is 22.0 Å². The van der Waals surface area contributed by atoms with Crippen molar-refractivity contribution in [2.75, 3.05) is 13.7 Å². The minimum atomic E-state index is -0.747. The first-order chi connectivity index (χ1) is 19.2. The molecule has 5 rings (SSSR count). The molecule has 0 radical (unpaired) electrons. The van der Waals surface area contributed by atoms with Crippen LogP contribution in [0, 0.1) is 17.0 Å². The fourth-order valence-electron chi connectivity index (χ4n) is 4.57. The fraction of sp³-hybridized carbons (Fsp3) is 0.207. The number of carbonyl (C=O) groups excluding carboxylic acids is 1. The molecule has 0 spiro atoms. The molecule has 40 heavy (non-hydrogen) atoms. The first kappa shape index (κ1) is 26.8. The van der Waals surface area contributed by atoms with Gasteiger partial charge in [-0.15, -0.1) is 0 Å². The van der Waals surface area contributed by atoms with Gasteiger partial charge in [0, 0.05) is 23.3 Å². The molecule has 1 aliphatic heterocycles. The molecule has 2 aromatic carbocycles. The maximum absolute atomic E-state index is 13.8. The van der Waals surface area contributed by atoms with Gasteiger partial charge in [-0.05, 0) is 50.6 Å². The molecule has 10 nitrogen and oxygen atoms in total. The summed E-state index contributed by atoms with van der Waals surface area (Å²) in [5.41, 5.74) is 2.20. The van der Waals surface area contributed by atoms with Crippen molar-refractivity contribution in [1.29, 1.82) is 0 Å². The average Bonchev–Trinajstić information content (AvgIpc) is 3.52. The molecule has 0 saturated heterocycles. The molecule has 1 aliphatic rings. The van der Waals surface area contributed by atoms with Gasteiger partial charge in [0.1, 0.15) is 17.3 Å². The molecule has 0 N–H and O–H groups in total. The zero-order valence-corrected chi connectivity index (χ0v) is 23.0. The topological polar surface area (TPSA) is 126 Å². The molecule has 0 amide bonds. The van der Waals surface area contributed by atoms with Gasteiger partial charge in [0.2, 0.25) is 0 Å². The van der Waals surface area contributed by atoms with E-state index in [1.807, 2.05) is 0 Å². The third-order valence-electron chi connectivity index (χ3n) is 6.54. The van der Waals surface area contributed by atoms with E-state index in [1.54, 1.807) is 82.5 Å². The normalized spacial score (nSPS) is 15.0. The highest BCUT2D eigenvalue weighted by Gasteiger charge is 2.33. The predicted molar refractivity (Wildman–Crippen MR) is 149 cm³/mol. The van der Waals surface area contributed by atoms with Crippen molar-refractivity contribution in [3.8, 4) is 17.1 Å². The monoisotopic (exact) mass is 559 g/mol. The minimum absolute atomic E-state index is 0.00457. The number of aromatic nitrogens is 1. The van der Waals surface area contributed by atoms with E-state index >= 15 is 0 Å². The predicted octanol–water partition coefficient (Wildman–Crippen LogP) is 4.28. The number of methoxy groups -OCH3 is 1. The Morgan fingerprint density at radius 3 is 2.60 bits per heavy atom. The summed E-state index contributed by atoms with van der Waals surface area (Å²) in [6, 6.07) is 14.6. The summed E-state index contributed by atoms with van der Waals surface area (Å²) in [5.74, 6) is 0.924. The highest BCUT2D eigenvalue weighted by molar-refractivity contribution is 7.07. The minimum Gasteiger partial charge on any atom is -0.497 e. The molecule has 0 saturated carbocycles. The van der Waals surface area contributed by atoms with Crippen LogP contribution < -0.4 is 19.6 Å². The summed E-state index contributed by atoms with van der Waals surface area (Å²) in [6.07, 6.45) is 1.60. The van der Waals surface area contributed by atoms with Gasteiger partial charge < -0.3 is 13.9 Å². The van der Waals surface area contributed by atoms with Crippen molar-refractivity contribution in [2.45, 2.75) is 26.8 Å². The van der Waals surface area contributed by atoms with Crippen LogP contribution in [0.3, 0.4) is 0 Å². The first-order valence-corrected chi connectivity index (χ1v) is 13.2. The maximum atomic E-state index is 13.8. The molecule has 3 heterocycles. The Morgan fingerprint density at radius 1 is 1.18 bits per heavy atom. The molecule has 0 bridgehead atoms. The third kappa shape index (κ3) is 4.87. The number of thiazole rings is 1. The quantitative estimate of drug-likeness (QED) is 0.188. The number of rotatable bonds is 7. The number of nitro benzene ring substituents is 1. The Hall–Kier alpha value is -4.77. The van der Waals surface area contributed by atoms with E-state index < -0.39 is 16.9 Å². The SMILES string of the molecule is CCOC(=O)C1=C(C)N=c2s/c(=C\c3ccc(-c4ccc(C)c([N+](=O)[O-])c4)o3)c(=O)n2[C@H]1c1ccc(OC)cc1. The summed E-state index contributed by atoms with van der Waals surface area (Å²) in [5, 5.41) is 11.4. The Balaban J connectivity index is 1.61. The zero-order valence-electron chi connectivity index (χ0n) is 22.2. The van der Waals surface area contributed by atoms with Crippen LogP contribution in [0.5, 0.6) is 5.75 Å².